The lowest BCUT2D eigenvalue weighted by atomic mass is 9.84. The van der Waals surface area contributed by atoms with E-state index in [1.807, 2.05) is 42.6 Å². The van der Waals surface area contributed by atoms with Gasteiger partial charge in [0.1, 0.15) is 0 Å². The Balaban J connectivity index is 1.68. The number of Topliss-reactive ketones (excluding diaryl/α,β-unsaturated/α-hetero) is 1. The monoisotopic (exact) mass is 392 g/mol. The highest BCUT2D eigenvalue weighted by Gasteiger charge is 2.26. The van der Waals surface area contributed by atoms with Crippen molar-refractivity contribution < 1.29 is 9.52 Å². The van der Waals surface area contributed by atoms with Gasteiger partial charge in [-0.1, -0.05) is 60.7 Å². The molecule has 4 heteroatoms. The summed E-state index contributed by atoms with van der Waals surface area (Å²) in [5.41, 5.74) is 3.34. The highest BCUT2D eigenvalue weighted by molar-refractivity contribution is 5.96. The van der Waals surface area contributed by atoms with Crippen LogP contribution in [0.25, 0.3) is 21.7 Å². The minimum Gasteiger partial charge on any atom is -0.618 e. The summed E-state index contributed by atoms with van der Waals surface area (Å²) in [6.45, 7) is 0. The number of para-hydroxylation sites is 1. The van der Waals surface area contributed by atoms with E-state index in [2.05, 4.69) is 35.3 Å². The van der Waals surface area contributed by atoms with Crippen LogP contribution in [0.1, 0.15) is 34.0 Å². The van der Waals surface area contributed by atoms with Crippen molar-refractivity contribution in [3.8, 4) is 0 Å². The van der Waals surface area contributed by atoms with Crippen molar-refractivity contribution in [2.24, 2.45) is 0 Å². The topological polar surface area (TPSA) is 59.8 Å². The van der Waals surface area contributed by atoms with E-state index in [0.29, 0.717) is 4.73 Å². The van der Waals surface area contributed by atoms with E-state index in [-0.39, 0.29) is 23.8 Å². The lowest BCUT2D eigenvalue weighted by Gasteiger charge is -2.19. The normalized spacial score (nSPS) is 12.3. The number of ketones is 1. The third-order valence-electron chi connectivity index (χ3n) is 5.69. The molecule has 0 aliphatic rings. The van der Waals surface area contributed by atoms with Gasteiger partial charge in [0.2, 0.25) is 5.78 Å². The van der Waals surface area contributed by atoms with E-state index >= 15 is 0 Å². The molecule has 5 aromatic rings. The molecule has 0 spiro atoms. The van der Waals surface area contributed by atoms with Crippen LogP contribution in [0.5, 0.6) is 0 Å². The number of H-pyrrole nitrogens is 1. The third kappa shape index (κ3) is 3.12. The van der Waals surface area contributed by atoms with Gasteiger partial charge in [-0.3, -0.25) is 4.79 Å². The Hall–Kier alpha value is -3.92. The number of nitrogens with zero attached hydrogens (tertiary/aromatic N) is 1. The Morgan fingerprint density at radius 1 is 0.833 bits per heavy atom. The predicted octanol–water partition coefficient (Wildman–Crippen LogP) is 5.36. The van der Waals surface area contributed by atoms with E-state index in [1.54, 1.807) is 18.2 Å². The number of carbonyl (C=O) groups excluding carboxylic acids is 1. The van der Waals surface area contributed by atoms with Crippen LogP contribution < -0.4 is 4.73 Å². The molecule has 0 radical (unpaired) electrons. The zero-order valence-electron chi connectivity index (χ0n) is 16.3. The van der Waals surface area contributed by atoms with Crippen LogP contribution >= 0.6 is 0 Å². The lowest BCUT2D eigenvalue weighted by Crippen LogP contribution is -2.34. The number of aromatic nitrogens is 2. The summed E-state index contributed by atoms with van der Waals surface area (Å²) in [5, 5.41) is 15.5. The number of nitrogens with one attached hydrogen (secondary N) is 1. The molecular formula is C26H20N2O2. The average molecular weight is 392 g/mol. The molecule has 5 rings (SSSR count). The van der Waals surface area contributed by atoms with Crippen molar-refractivity contribution in [3.05, 3.63) is 119 Å². The van der Waals surface area contributed by atoms with Gasteiger partial charge in [0, 0.05) is 41.6 Å². The van der Waals surface area contributed by atoms with Crippen molar-refractivity contribution in [3.63, 3.8) is 0 Å². The van der Waals surface area contributed by atoms with Crippen LogP contribution in [0, 0.1) is 5.21 Å². The van der Waals surface area contributed by atoms with Crippen molar-refractivity contribution in [2.75, 3.05) is 0 Å². The van der Waals surface area contributed by atoms with Gasteiger partial charge in [-0.05, 0) is 34.0 Å². The highest BCUT2D eigenvalue weighted by Crippen LogP contribution is 2.37. The molecular weight excluding hydrogens is 372 g/mol. The fraction of sp³-hybridized carbons (Fsp3) is 0.0769. The molecule has 0 aliphatic heterocycles. The molecule has 0 saturated heterocycles. The zero-order valence-corrected chi connectivity index (χ0v) is 16.3. The van der Waals surface area contributed by atoms with Gasteiger partial charge in [0.05, 0.1) is 0 Å². The molecule has 146 valence electrons. The summed E-state index contributed by atoms with van der Waals surface area (Å²) < 4.78 is 0.651. The molecule has 0 amide bonds. The quantitative estimate of drug-likeness (QED) is 0.249. The second-order valence-electron chi connectivity index (χ2n) is 7.45. The summed E-state index contributed by atoms with van der Waals surface area (Å²) in [6.07, 6.45) is 3.56. The van der Waals surface area contributed by atoms with Crippen LogP contribution in [0.4, 0.5) is 0 Å². The maximum atomic E-state index is 13.2. The largest absolute Gasteiger partial charge is 0.618 e. The van der Waals surface area contributed by atoms with Crippen LogP contribution in [0.15, 0.2) is 97.3 Å². The van der Waals surface area contributed by atoms with Gasteiger partial charge >= 0.3 is 0 Å². The minimum atomic E-state index is -0.181. The Bertz CT molecular complexity index is 1360. The Morgan fingerprint density at radius 3 is 2.43 bits per heavy atom. The predicted molar refractivity (Wildman–Crippen MR) is 118 cm³/mol. The molecule has 4 nitrogen and oxygen atoms in total. The summed E-state index contributed by atoms with van der Waals surface area (Å²) in [7, 11) is 0. The van der Waals surface area contributed by atoms with Gasteiger partial charge in [-0.25, -0.2) is 0 Å². The molecule has 0 unspecified atom stereocenters. The van der Waals surface area contributed by atoms with E-state index < -0.39 is 0 Å². The fourth-order valence-electron chi connectivity index (χ4n) is 4.26. The maximum absolute atomic E-state index is 13.2. The van der Waals surface area contributed by atoms with Crippen molar-refractivity contribution in [2.45, 2.75) is 12.3 Å². The molecule has 1 N–H and O–H groups in total. The number of aromatic amines is 1. The van der Waals surface area contributed by atoms with E-state index in [4.69, 9.17) is 0 Å². The lowest BCUT2D eigenvalue weighted by molar-refractivity contribution is -0.607. The fourth-order valence-corrected chi connectivity index (χ4v) is 4.26. The summed E-state index contributed by atoms with van der Waals surface area (Å²) in [4.78, 5) is 16.5. The molecule has 30 heavy (non-hydrogen) atoms. The van der Waals surface area contributed by atoms with Gasteiger partial charge in [0.25, 0.3) is 5.69 Å². The molecule has 2 heterocycles. The first-order chi connectivity index (χ1) is 14.7. The number of hydrogen-bond donors (Lipinski definition) is 1. The van der Waals surface area contributed by atoms with E-state index in [9.17, 15) is 10.0 Å². The third-order valence-corrected chi connectivity index (χ3v) is 5.69. The molecule has 0 fully saturated rings. The first kappa shape index (κ1) is 18.1. The highest BCUT2D eigenvalue weighted by atomic mass is 16.5. The summed E-state index contributed by atoms with van der Waals surface area (Å²) >= 11 is 0. The van der Waals surface area contributed by atoms with Crippen molar-refractivity contribution in [1.29, 1.82) is 0 Å². The SMILES string of the molecule is O=C(C[C@H](c1cccc2ccccc12)c1c[nH]c2ccccc12)c1cccc[n+]1[O-]. The van der Waals surface area contributed by atoms with Gasteiger partial charge in [-0.2, -0.15) is 4.73 Å². The van der Waals surface area contributed by atoms with E-state index in [1.165, 1.54) is 6.20 Å². The number of rotatable bonds is 5. The Morgan fingerprint density at radius 2 is 1.57 bits per heavy atom. The first-order valence-electron chi connectivity index (χ1n) is 9.97. The smallest absolute Gasteiger partial charge is 0.259 e. The second kappa shape index (κ2) is 7.48. The van der Waals surface area contributed by atoms with E-state index in [0.717, 1.165) is 32.8 Å². The minimum absolute atomic E-state index is 0.169. The Labute approximate surface area is 174 Å². The first-order valence-corrected chi connectivity index (χ1v) is 9.97. The number of hydrogen-bond acceptors (Lipinski definition) is 2. The van der Waals surface area contributed by atoms with Gasteiger partial charge < -0.3 is 10.2 Å². The number of pyridine rings is 1. The summed E-state index contributed by atoms with van der Waals surface area (Å²) in [5.74, 6) is -0.353. The molecule has 1 atom stereocenters. The van der Waals surface area contributed by atoms with Crippen LogP contribution in [0.3, 0.4) is 0 Å². The van der Waals surface area contributed by atoms with Crippen molar-refractivity contribution >= 4 is 27.5 Å². The molecule has 3 aromatic carbocycles. The van der Waals surface area contributed by atoms with Crippen LogP contribution in [-0.2, 0) is 0 Å². The van der Waals surface area contributed by atoms with Crippen molar-refractivity contribution in [1.82, 2.24) is 4.98 Å². The average Bonchev–Trinajstić information content (AvgIpc) is 3.21. The maximum Gasteiger partial charge on any atom is 0.259 e. The Kier molecular flexibility index (Phi) is 4.52. The van der Waals surface area contributed by atoms with Gasteiger partial charge in [-0.15, -0.1) is 0 Å². The molecule has 0 saturated carbocycles. The molecule has 0 bridgehead atoms. The molecule has 0 aliphatic carbocycles. The number of benzene rings is 3. The molecule has 2 aromatic heterocycles. The standard InChI is InChI=1S/C26H20N2O2/c29-26(25-14-5-6-15-28(25)30)16-22(23-17-27-24-13-4-3-11-21(23)24)20-12-7-9-18-8-1-2-10-19(18)20/h1-15,17,22,27H,16H2/t22-/m1/s1. The number of carbonyl (C=O) groups is 1. The second-order valence-corrected chi connectivity index (χ2v) is 7.45. The van der Waals surface area contributed by atoms with Crippen LogP contribution in [-0.4, -0.2) is 10.8 Å². The van der Waals surface area contributed by atoms with Crippen LogP contribution in [0.2, 0.25) is 0 Å². The van der Waals surface area contributed by atoms with Gasteiger partial charge in [0.15, 0.2) is 6.20 Å². The zero-order chi connectivity index (χ0) is 20.5. The number of fused-ring (bicyclic) bond motifs is 2. The summed E-state index contributed by atoms with van der Waals surface area (Å²) in [6, 6.07) is 27.4.